The Morgan fingerprint density at radius 1 is 1.20 bits per heavy atom. The maximum Gasteiger partial charge on any atom is 0.232 e. The summed E-state index contributed by atoms with van der Waals surface area (Å²) in [6.07, 6.45) is 3.89. The Balaban J connectivity index is 1.91. The molecule has 1 amide bonds. The number of carbonyl (C=O) groups excluding carboxylic acids is 1. The fourth-order valence-corrected chi connectivity index (χ4v) is 2.48. The molecule has 0 spiro atoms. The van der Waals surface area contributed by atoms with E-state index in [2.05, 4.69) is 27.6 Å². The van der Waals surface area contributed by atoms with E-state index in [0.717, 1.165) is 11.4 Å². The highest BCUT2D eigenvalue weighted by molar-refractivity contribution is 7.80. The lowest BCUT2D eigenvalue weighted by molar-refractivity contribution is -0.117. The fourth-order valence-electron chi connectivity index (χ4n) is 2.23. The number of aromatic nitrogens is 3. The van der Waals surface area contributed by atoms with Gasteiger partial charge in [0, 0.05) is 25.4 Å². The van der Waals surface area contributed by atoms with Gasteiger partial charge in [0.05, 0.1) is 11.4 Å². The zero-order valence-corrected chi connectivity index (χ0v) is 11.7. The van der Waals surface area contributed by atoms with Crippen LogP contribution in [-0.2, 0) is 4.79 Å². The van der Waals surface area contributed by atoms with Crippen molar-refractivity contribution < 1.29 is 4.79 Å². The first-order valence-electron chi connectivity index (χ1n) is 6.43. The van der Waals surface area contributed by atoms with Crippen molar-refractivity contribution >= 4 is 24.5 Å². The van der Waals surface area contributed by atoms with Crippen molar-refractivity contribution in [3.63, 3.8) is 0 Å². The minimum absolute atomic E-state index is 0.0576. The number of thiol groups is 1. The minimum atomic E-state index is 0.0576. The molecule has 0 radical (unpaired) electrons. The van der Waals surface area contributed by atoms with Crippen LogP contribution in [0.5, 0.6) is 0 Å². The summed E-state index contributed by atoms with van der Waals surface area (Å²) in [5.74, 6) is 1.47. The largest absolute Gasteiger partial charge is 0.280 e. The van der Waals surface area contributed by atoms with Crippen LogP contribution in [-0.4, -0.2) is 33.2 Å². The molecule has 0 aliphatic carbocycles. The maximum absolute atomic E-state index is 12.0. The highest BCUT2D eigenvalue weighted by Gasteiger charge is 2.31. The molecular weight excluding hydrogens is 272 g/mol. The first kappa shape index (κ1) is 13.1. The first-order chi connectivity index (χ1) is 9.78. The second kappa shape index (κ2) is 5.58. The number of nitrogens with zero attached hydrogens (tertiary/aromatic N) is 4. The van der Waals surface area contributed by atoms with Gasteiger partial charge in [0.15, 0.2) is 0 Å². The van der Waals surface area contributed by atoms with Crippen LogP contribution in [0.25, 0.3) is 11.4 Å². The molecule has 5 nitrogen and oxygen atoms in total. The van der Waals surface area contributed by atoms with Crippen molar-refractivity contribution in [2.24, 2.45) is 5.92 Å². The van der Waals surface area contributed by atoms with Crippen LogP contribution in [0.1, 0.15) is 6.42 Å². The summed E-state index contributed by atoms with van der Waals surface area (Å²) in [5, 5.41) is 0. The van der Waals surface area contributed by atoms with E-state index in [1.165, 1.54) is 0 Å². The van der Waals surface area contributed by atoms with E-state index in [1.807, 2.05) is 18.2 Å². The van der Waals surface area contributed by atoms with E-state index < -0.39 is 0 Å². The van der Waals surface area contributed by atoms with Gasteiger partial charge in [0.25, 0.3) is 0 Å². The molecule has 102 valence electrons. The number of hydrogen-bond donors (Lipinski definition) is 1. The van der Waals surface area contributed by atoms with E-state index in [1.54, 1.807) is 23.4 Å². The van der Waals surface area contributed by atoms with E-state index in [4.69, 9.17) is 0 Å². The quantitative estimate of drug-likeness (QED) is 0.874. The van der Waals surface area contributed by atoms with E-state index in [9.17, 15) is 4.79 Å². The van der Waals surface area contributed by atoms with Crippen LogP contribution in [0.4, 0.5) is 5.95 Å². The smallest absolute Gasteiger partial charge is 0.232 e. The summed E-state index contributed by atoms with van der Waals surface area (Å²) in [6, 6.07) is 7.44. The molecule has 6 heteroatoms. The van der Waals surface area contributed by atoms with Gasteiger partial charge in [-0.15, -0.1) is 0 Å². The third kappa shape index (κ3) is 2.51. The molecule has 1 aliphatic heterocycles. The fraction of sp³-hybridized carbons (Fsp3) is 0.286. The lowest BCUT2D eigenvalue weighted by Crippen LogP contribution is -2.26. The monoisotopic (exact) mass is 286 g/mol. The average molecular weight is 286 g/mol. The van der Waals surface area contributed by atoms with Crippen LogP contribution in [0.15, 0.2) is 36.7 Å². The minimum Gasteiger partial charge on any atom is -0.280 e. The molecule has 2 aromatic rings. The van der Waals surface area contributed by atoms with Gasteiger partial charge >= 0.3 is 0 Å². The molecule has 1 unspecified atom stereocenters. The third-order valence-electron chi connectivity index (χ3n) is 3.27. The van der Waals surface area contributed by atoms with Gasteiger partial charge in [-0.1, -0.05) is 6.07 Å². The number of anilines is 1. The molecule has 0 aromatic carbocycles. The highest BCUT2D eigenvalue weighted by Crippen LogP contribution is 2.24. The van der Waals surface area contributed by atoms with Gasteiger partial charge in [-0.05, 0) is 29.9 Å². The lowest BCUT2D eigenvalue weighted by Gasteiger charge is -2.14. The molecule has 1 fully saturated rings. The van der Waals surface area contributed by atoms with Gasteiger partial charge in [0.2, 0.25) is 11.9 Å². The molecule has 0 saturated carbocycles. The summed E-state index contributed by atoms with van der Waals surface area (Å²) in [5.41, 5.74) is 1.49. The van der Waals surface area contributed by atoms with E-state index >= 15 is 0 Å². The molecule has 3 heterocycles. The van der Waals surface area contributed by atoms with Gasteiger partial charge in [-0.3, -0.25) is 14.7 Å². The van der Waals surface area contributed by atoms with Crippen molar-refractivity contribution in [3.05, 3.63) is 36.7 Å². The normalized spacial score (nSPS) is 18.6. The molecule has 0 N–H and O–H groups in total. The third-order valence-corrected chi connectivity index (χ3v) is 3.79. The van der Waals surface area contributed by atoms with Crippen LogP contribution in [0.3, 0.4) is 0 Å². The summed E-state index contributed by atoms with van der Waals surface area (Å²) >= 11 is 4.26. The number of amides is 1. The summed E-state index contributed by atoms with van der Waals surface area (Å²) < 4.78 is 0. The van der Waals surface area contributed by atoms with Crippen LogP contribution < -0.4 is 4.90 Å². The van der Waals surface area contributed by atoms with Crippen LogP contribution in [0.2, 0.25) is 0 Å². The van der Waals surface area contributed by atoms with Gasteiger partial charge in [-0.2, -0.15) is 12.6 Å². The standard InChI is InChI=1S/C14H14N4OS/c19-13-7-10(9-20)8-18(13)14-16-6-4-12(17-14)11-3-1-2-5-15-11/h1-6,10,20H,7-9H2. The molecule has 2 aromatic heterocycles. The Morgan fingerprint density at radius 2 is 2.10 bits per heavy atom. The lowest BCUT2D eigenvalue weighted by atomic mass is 10.1. The number of pyridine rings is 1. The zero-order valence-electron chi connectivity index (χ0n) is 10.8. The first-order valence-corrected chi connectivity index (χ1v) is 7.07. The highest BCUT2D eigenvalue weighted by atomic mass is 32.1. The summed E-state index contributed by atoms with van der Waals surface area (Å²) in [4.78, 5) is 26.5. The molecule has 1 atom stereocenters. The van der Waals surface area contributed by atoms with Crippen molar-refractivity contribution in [2.75, 3.05) is 17.2 Å². The summed E-state index contributed by atoms with van der Waals surface area (Å²) in [7, 11) is 0. The second-order valence-electron chi connectivity index (χ2n) is 4.71. The molecule has 1 aliphatic rings. The number of rotatable bonds is 3. The number of hydrogen-bond acceptors (Lipinski definition) is 5. The number of carbonyl (C=O) groups is 1. The van der Waals surface area contributed by atoms with E-state index in [0.29, 0.717) is 24.7 Å². The Bertz CT molecular complexity index is 620. The van der Waals surface area contributed by atoms with Crippen molar-refractivity contribution in [3.8, 4) is 11.4 Å². The Hall–Kier alpha value is -1.95. The zero-order chi connectivity index (χ0) is 13.9. The average Bonchev–Trinajstić information content (AvgIpc) is 2.89. The van der Waals surface area contributed by atoms with Crippen molar-refractivity contribution in [1.29, 1.82) is 0 Å². The Morgan fingerprint density at radius 3 is 2.80 bits per heavy atom. The molecule has 20 heavy (non-hydrogen) atoms. The van der Waals surface area contributed by atoms with Crippen molar-refractivity contribution in [2.45, 2.75) is 6.42 Å². The summed E-state index contributed by atoms with van der Waals surface area (Å²) in [6.45, 7) is 0.633. The molecule has 3 rings (SSSR count). The van der Waals surface area contributed by atoms with Crippen LogP contribution >= 0.6 is 12.6 Å². The predicted molar refractivity (Wildman–Crippen MR) is 79.6 cm³/mol. The second-order valence-corrected chi connectivity index (χ2v) is 5.08. The maximum atomic E-state index is 12.0. The van der Waals surface area contributed by atoms with E-state index in [-0.39, 0.29) is 11.8 Å². The molecular formula is C14H14N4OS. The molecule has 1 saturated heterocycles. The SMILES string of the molecule is O=C1CC(CS)CN1c1nccc(-c2ccccn2)n1. The van der Waals surface area contributed by atoms with Crippen LogP contribution in [0, 0.1) is 5.92 Å². The Kier molecular flexibility index (Phi) is 3.64. The van der Waals surface area contributed by atoms with Gasteiger partial charge < -0.3 is 0 Å². The van der Waals surface area contributed by atoms with Gasteiger partial charge in [-0.25, -0.2) is 9.97 Å². The Labute approximate surface area is 122 Å². The predicted octanol–water partition coefficient (Wildman–Crippen LogP) is 1.82. The molecule has 0 bridgehead atoms. The van der Waals surface area contributed by atoms with Gasteiger partial charge in [0.1, 0.15) is 0 Å². The topological polar surface area (TPSA) is 59.0 Å². The van der Waals surface area contributed by atoms with Crippen molar-refractivity contribution in [1.82, 2.24) is 15.0 Å².